The molecule has 0 aliphatic rings. The van der Waals surface area contributed by atoms with Crippen molar-refractivity contribution in [1.29, 1.82) is 0 Å². The molecule has 1 unspecified atom stereocenters. The lowest BCUT2D eigenvalue weighted by Gasteiger charge is -2.18. The molecular weight excluding hydrogens is 290 g/mol. The third-order valence-electron chi connectivity index (χ3n) is 3.24. The summed E-state index contributed by atoms with van der Waals surface area (Å²) in [5.74, 6) is 1.45. The van der Waals surface area contributed by atoms with Gasteiger partial charge in [-0.25, -0.2) is 0 Å². The Kier molecular flexibility index (Phi) is 4.81. The van der Waals surface area contributed by atoms with E-state index in [1.54, 1.807) is 32.4 Å². The molecule has 1 atom stereocenters. The normalized spacial score (nSPS) is 11.8. The fourth-order valence-electron chi connectivity index (χ4n) is 2.05. The number of rotatable bonds is 5. The van der Waals surface area contributed by atoms with Crippen molar-refractivity contribution in [3.8, 4) is 17.2 Å². The second kappa shape index (κ2) is 6.59. The van der Waals surface area contributed by atoms with Gasteiger partial charge in [-0.05, 0) is 42.8 Å². The van der Waals surface area contributed by atoms with Crippen LogP contribution in [0.3, 0.4) is 0 Å². The lowest BCUT2D eigenvalue weighted by Crippen LogP contribution is -2.07. The van der Waals surface area contributed by atoms with Gasteiger partial charge in [0, 0.05) is 11.7 Å². The van der Waals surface area contributed by atoms with E-state index < -0.39 is 0 Å². The van der Waals surface area contributed by atoms with E-state index in [-0.39, 0.29) is 11.8 Å². The van der Waals surface area contributed by atoms with E-state index in [1.165, 1.54) is 0 Å². The first kappa shape index (κ1) is 15.3. The van der Waals surface area contributed by atoms with Crippen molar-refractivity contribution in [2.45, 2.75) is 13.0 Å². The van der Waals surface area contributed by atoms with Crippen molar-refractivity contribution in [2.24, 2.45) is 0 Å². The number of halogens is 1. The Hall–Kier alpha value is -2.07. The highest BCUT2D eigenvalue weighted by molar-refractivity contribution is 6.32. The molecule has 0 aromatic heterocycles. The zero-order valence-corrected chi connectivity index (χ0v) is 12.9. The Morgan fingerprint density at radius 2 is 1.76 bits per heavy atom. The largest absolute Gasteiger partial charge is 0.506 e. The van der Waals surface area contributed by atoms with Gasteiger partial charge in [0.05, 0.1) is 19.2 Å². The number of ether oxygens (including phenoxy) is 2. The van der Waals surface area contributed by atoms with Gasteiger partial charge in [0.15, 0.2) is 11.5 Å². The van der Waals surface area contributed by atoms with Gasteiger partial charge in [0.25, 0.3) is 0 Å². The Morgan fingerprint density at radius 1 is 1.05 bits per heavy atom. The smallest absolute Gasteiger partial charge is 0.161 e. The first-order valence-electron chi connectivity index (χ1n) is 6.52. The zero-order valence-electron chi connectivity index (χ0n) is 12.2. The lowest BCUT2D eigenvalue weighted by molar-refractivity contribution is 0.354. The van der Waals surface area contributed by atoms with Gasteiger partial charge >= 0.3 is 0 Å². The first-order chi connectivity index (χ1) is 10.0. The maximum atomic E-state index is 9.43. The van der Waals surface area contributed by atoms with Gasteiger partial charge < -0.3 is 19.9 Å². The van der Waals surface area contributed by atoms with Crippen LogP contribution in [0.4, 0.5) is 5.69 Å². The van der Waals surface area contributed by atoms with Gasteiger partial charge in [-0.2, -0.15) is 0 Å². The van der Waals surface area contributed by atoms with Crippen LogP contribution in [0.2, 0.25) is 5.02 Å². The minimum absolute atomic E-state index is 0.0467. The number of nitrogens with one attached hydrogen (secondary N) is 1. The lowest BCUT2D eigenvalue weighted by atomic mass is 10.1. The van der Waals surface area contributed by atoms with E-state index in [0.29, 0.717) is 16.5 Å². The van der Waals surface area contributed by atoms with Gasteiger partial charge in [-0.15, -0.1) is 0 Å². The number of hydrogen-bond acceptors (Lipinski definition) is 4. The summed E-state index contributed by atoms with van der Waals surface area (Å²) in [7, 11) is 3.22. The fraction of sp³-hybridized carbons (Fsp3) is 0.250. The maximum absolute atomic E-state index is 9.43. The number of hydrogen-bond donors (Lipinski definition) is 2. The number of aromatic hydroxyl groups is 1. The molecule has 5 heteroatoms. The van der Waals surface area contributed by atoms with Crippen LogP contribution in [-0.4, -0.2) is 19.3 Å². The number of methoxy groups -OCH3 is 2. The van der Waals surface area contributed by atoms with Crippen molar-refractivity contribution in [3.05, 3.63) is 47.0 Å². The van der Waals surface area contributed by atoms with Crippen molar-refractivity contribution in [2.75, 3.05) is 19.5 Å². The van der Waals surface area contributed by atoms with Crippen LogP contribution in [0.15, 0.2) is 36.4 Å². The monoisotopic (exact) mass is 307 g/mol. The van der Waals surface area contributed by atoms with Crippen LogP contribution in [0, 0.1) is 0 Å². The predicted octanol–water partition coefficient (Wildman–Crippen LogP) is 4.24. The SMILES string of the molecule is COc1ccc(C(C)Nc2ccc(O)c(Cl)c2)cc1OC. The second-order valence-electron chi connectivity index (χ2n) is 4.65. The molecule has 0 aliphatic heterocycles. The molecule has 2 aromatic carbocycles. The Bertz CT molecular complexity index is 631. The van der Waals surface area contributed by atoms with E-state index in [1.807, 2.05) is 25.1 Å². The summed E-state index contributed by atoms with van der Waals surface area (Å²) in [6.07, 6.45) is 0. The Balaban J connectivity index is 2.19. The third kappa shape index (κ3) is 3.52. The van der Waals surface area contributed by atoms with Crippen molar-refractivity contribution >= 4 is 17.3 Å². The molecule has 0 radical (unpaired) electrons. The predicted molar refractivity (Wildman–Crippen MR) is 84.7 cm³/mol. The molecule has 0 aliphatic carbocycles. The fourth-order valence-corrected chi connectivity index (χ4v) is 2.23. The molecule has 21 heavy (non-hydrogen) atoms. The molecule has 2 rings (SSSR count). The van der Waals surface area contributed by atoms with Crippen LogP contribution >= 0.6 is 11.6 Å². The van der Waals surface area contributed by atoms with Gasteiger partial charge in [0.1, 0.15) is 5.75 Å². The summed E-state index contributed by atoms with van der Waals surface area (Å²) in [4.78, 5) is 0. The van der Waals surface area contributed by atoms with Crippen molar-refractivity contribution in [3.63, 3.8) is 0 Å². The molecule has 2 aromatic rings. The van der Waals surface area contributed by atoms with E-state index in [2.05, 4.69) is 5.32 Å². The highest BCUT2D eigenvalue weighted by Gasteiger charge is 2.11. The molecular formula is C16H18ClNO3. The molecule has 0 heterocycles. The molecule has 0 saturated carbocycles. The van der Waals surface area contributed by atoms with E-state index in [0.717, 1.165) is 11.3 Å². The number of phenolic OH excluding ortho intramolecular Hbond substituents is 1. The van der Waals surface area contributed by atoms with Crippen molar-refractivity contribution < 1.29 is 14.6 Å². The summed E-state index contributed by atoms with van der Waals surface area (Å²) in [5, 5.41) is 13.1. The summed E-state index contributed by atoms with van der Waals surface area (Å²) in [6.45, 7) is 2.03. The minimum atomic E-state index is 0.0467. The van der Waals surface area contributed by atoms with Gasteiger partial charge in [-0.3, -0.25) is 0 Å². The molecule has 4 nitrogen and oxygen atoms in total. The number of anilines is 1. The zero-order chi connectivity index (χ0) is 15.4. The van der Waals surface area contributed by atoms with Gasteiger partial charge in [0.2, 0.25) is 0 Å². The molecule has 0 fully saturated rings. The summed E-state index contributed by atoms with van der Waals surface area (Å²) in [5.41, 5.74) is 1.89. The third-order valence-corrected chi connectivity index (χ3v) is 3.54. The first-order valence-corrected chi connectivity index (χ1v) is 6.90. The average Bonchev–Trinajstić information content (AvgIpc) is 2.50. The molecule has 0 saturated heterocycles. The molecule has 0 bridgehead atoms. The Morgan fingerprint density at radius 3 is 2.38 bits per heavy atom. The second-order valence-corrected chi connectivity index (χ2v) is 5.05. The minimum Gasteiger partial charge on any atom is -0.506 e. The number of benzene rings is 2. The molecule has 0 amide bonds. The summed E-state index contributed by atoms with van der Waals surface area (Å²) >= 11 is 5.90. The number of phenols is 1. The summed E-state index contributed by atoms with van der Waals surface area (Å²) < 4.78 is 10.5. The van der Waals surface area contributed by atoms with Crippen LogP contribution < -0.4 is 14.8 Å². The highest BCUT2D eigenvalue weighted by atomic mass is 35.5. The average molecular weight is 308 g/mol. The van der Waals surface area contributed by atoms with Crippen LogP contribution in [0.25, 0.3) is 0 Å². The van der Waals surface area contributed by atoms with E-state index >= 15 is 0 Å². The van der Waals surface area contributed by atoms with Crippen LogP contribution in [0.1, 0.15) is 18.5 Å². The van der Waals surface area contributed by atoms with Crippen molar-refractivity contribution in [1.82, 2.24) is 0 Å². The van der Waals surface area contributed by atoms with Crippen LogP contribution in [0.5, 0.6) is 17.2 Å². The molecule has 112 valence electrons. The standard InChI is InChI=1S/C16H18ClNO3/c1-10(18-12-5-6-14(19)13(17)9-12)11-4-7-15(20-2)16(8-11)21-3/h4-10,18-19H,1-3H3. The topological polar surface area (TPSA) is 50.7 Å². The van der Waals surface area contributed by atoms with Crippen LogP contribution in [-0.2, 0) is 0 Å². The maximum Gasteiger partial charge on any atom is 0.161 e. The quantitative estimate of drug-likeness (QED) is 0.811. The van der Waals surface area contributed by atoms with E-state index in [9.17, 15) is 5.11 Å². The Labute approximate surface area is 129 Å². The van der Waals surface area contributed by atoms with Gasteiger partial charge in [-0.1, -0.05) is 17.7 Å². The summed E-state index contributed by atoms with van der Waals surface area (Å²) in [6, 6.07) is 10.8. The van der Waals surface area contributed by atoms with E-state index in [4.69, 9.17) is 21.1 Å². The molecule has 0 spiro atoms. The molecule has 2 N–H and O–H groups in total. The highest BCUT2D eigenvalue weighted by Crippen LogP contribution is 2.32.